The Balaban J connectivity index is 0.00000182. The van der Waals surface area contributed by atoms with Gasteiger partial charge in [-0.05, 0) is 23.5 Å². The lowest BCUT2D eigenvalue weighted by molar-refractivity contribution is -0.394. The average Bonchev–Trinajstić information content (AvgIpc) is 3.11. The number of nitriles is 1. The highest BCUT2D eigenvalue weighted by Crippen LogP contribution is 2.21. The Morgan fingerprint density at radius 3 is 2.48 bits per heavy atom. The molecule has 1 aliphatic rings. The van der Waals surface area contributed by atoms with Gasteiger partial charge in [-0.25, -0.2) is 0 Å². The van der Waals surface area contributed by atoms with Crippen molar-refractivity contribution in [2.24, 2.45) is 0 Å². The van der Waals surface area contributed by atoms with Gasteiger partial charge in [-0.2, -0.15) is 9.94 Å². The Morgan fingerprint density at radius 2 is 1.85 bits per heavy atom. The molecule has 11 heteroatoms. The minimum Gasteiger partial charge on any atom is -0.390 e. The fourth-order valence-corrected chi connectivity index (χ4v) is 2.99. The normalized spacial score (nSPS) is 14.0. The Labute approximate surface area is 169 Å². The Kier molecular flexibility index (Phi) is 8.94. The lowest BCUT2D eigenvalue weighted by Gasteiger charge is -2.36. The highest BCUT2D eigenvalue weighted by Gasteiger charge is 2.19. The van der Waals surface area contributed by atoms with Crippen molar-refractivity contribution in [1.82, 2.24) is 19.7 Å². The second-order valence-electron chi connectivity index (χ2n) is 5.88. The summed E-state index contributed by atoms with van der Waals surface area (Å²) >= 11 is 0. The lowest BCUT2D eigenvalue weighted by atomic mass is 10.1. The minimum absolute atomic E-state index is 0. The Hall–Kier alpha value is -2.41. The molecule has 1 saturated heterocycles. The molecule has 0 unspecified atom stereocenters. The molecule has 27 heavy (non-hydrogen) atoms. The van der Waals surface area contributed by atoms with Crippen LogP contribution in [0.15, 0.2) is 30.6 Å². The summed E-state index contributed by atoms with van der Waals surface area (Å²) in [4.78, 5) is 18.2. The number of nitro groups is 1. The van der Waals surface area contributed by atoms with E-state index in [-0.39, 0.29) is 30.8 Å². The van der Waals surface area contributed by atoms with Crippen molar-refractivity contribution >= 4 is 36.4 Å². The molecule has 9 nitrogen and oxygen atoms in total. The van der Waals surface area contributed by atoms with Crippen LogP contribution < -0.4 is 4.90 Å². The molecule has 0 bridgehead atoms. The number of nitrogens with zero attached hydrogens (tertiary/aromatic N) is 7. The minimum atomic E-state index is -0.588. The third-order valence-corrected chi connectivity index (χ3v) is 4.29. The van der Waals surface area contributed by atoms with Crippen molar-refractivity contribution in [2.45, 2.75) is 13.0 Å². The maximum Gasteiger partial charge on any atom is 0.490 e. The topological polar surface area (TPSA) is 104 Å². The van der Waals surface area contributed by atoms with Gasteiger partial charge in [0.2, 0.25) is 6.33 Å². The largest absolute Gasteiger partial charge is 0.490 e. The van der Waals surface area contributed by atoms with E-state index in [4.69, 9.17) is 0 Å². The molecule has 0 N–H and O–H groups in total. The van der Waals surface area contributed by atoms with E-state index in [0.717, 1.165) is 44.8 Å². The molecule has 0 aliphatic carbocycles. The average molecular weight is 414 g/mol. The molecule has 1 fully saturated rings. The zero-order valence-corrected chi connectivity index (χ0v) is 16.2. The van der Waals surface area contributed by atoms with Crippen LogP contribution in [0.1, 0.15) is 12.0 Å². The zero-order valence-electron chi connectivity index (χ0n) is 14.6. The molecule has 0 saturated carbocycles. The molecule has 0 amide bonds. The third kappa shape index (κ3) is 5.79. The number of anilines is 1. The quantitative estimate of drug-likeness (QED) is 0.527. The third-order valence-electron chi connectivity index (χ3n) is 4.29. The SMILES string of the molecule is Cl.Cl.N#Cc1ccccc1N1CCN(CCCn2cnc([N+](=O)[O-])n2)CC1. The van der Waals surface area contributed by atoms with Gasteiger partial charge in [0.1, 0.15) is 6.07 Å². The van der Waals surface area contributed by atoms with Crippen molar-refractivity contribution in [3.05, 3.63) is 46.3 Å². The highest BCUT2D eigenvalue weighted by atomic mass is 35.5. The van der Waals surface area contributed by atoms with Crippen LogP contribution in [0.3, 0.4) is 0 Å². The van der Waals surface area contributed by atoms with Gasteiger partial charge in [0.25, 0.3) is 0 Å². The standard InChI is InChI=1S/C16H19N7O2.2ClH/c17-12-14-4-1-2-5-15(14)21-10-8-20(9-11-21)6-3-7-22-13-18-16(19-22)23(24)25;;/h1-2,4-5,13H,3,6-11H2;2*1H. The van der Waals surface area contributed by atoms with E-state index in [0.29, 0.717) is 12.1 Å². The predicted octanol–water partition coefficient (Wildman–Crippen LogP) is 2.11. The molecule has 1 aromatic carbocycles. The Bertz CT molecular complexity index is 785. The number of hydrogen-bond donors (Lipinski definition) is 0. The smallest absolute Gasteiger partial charge is 0.390 e. The summed E-state index contributed by atoms with van der Waals surface area (Å²) in [6.07, 6.45) is 2.25. The zero-order chi connectivity index (χ0) is 17.6. The predicted molar refractivity (Wildman–Crippen MR) is 106 cm³/mol. The molecule has 1 aliphatic heterocycles. The molecule has 0 spiro atoms. The summed E-state index contributed by atoms with van der Waals surface area (Å²) in [6.45, 7) is 5.13. The first-order valence-corrected chi connectivity index (χ1v) is 8.17. The number of hydrogen-bond acceptors (Lipinski definition) is 7. The maximum absolute atomic E-state index is 10.6. The molecular formula is C16H21Cl2N7O2. The van der Waals surface area contributed by atoms with E-state index in [1.165, 1.54) is 11.0 Å². The van der Waals surface area contributed by atoms with Gasteiger partial charge in [0.15, 0.2) is 0 Å². The van der Waals surface area contributed by atoms with Crippen LogP contribution in [0, 0.1) is 21.4 Å². The van der Waals surface area contributed by atoms with Crippen LogP contribution in [0.4, 0.5) is 11.6 Å². The van der Waals surface area contributed by atoms with Gasteiger partial charge in [0.05, 0.1) is 17.8 Å². The van der Waals surface area contributed by atoms with E-state index in [2.05, 4.69) is 26.0 Å². The molecule has 2 heterocycles. The monoisotopic (exact) mass is 413 g/mol. The van der Waals surface area contributed by atoms with E-state index in [1.54, 1.807) is 0 Å². The number of para-hydroxylation sites is 1. The molecule has 3 rings (SSSR count). The summed E-state index contributed by atoms with van der Waals surface area (Å²) in [5.41, 5.74) is 1.71. The first kappa shape index (κ1) is 22.6. The van der Waals surface area contributed by atoms with Crippen LogP contribution >= 0.6 is 24.8 Å². The second kappa shape index (κ2) is 10.7. The van der Waals surface area contributed by atoms with Gasteiger partial charge in [0, 0.05) is 37.8 Å². The molecule has 1 aromatic heterocycles. The maximum atomic E-state index is 10.6. The summed E-state index contributed by atoms with van der Waals surface area (Å²) in [5, 5.41) is 23.6. The second-order valence-corrected chi connectivity index (χ2v) is 5.88. The number of aromatic nitrogens is 3. The van der Waals surface area contributed by atoms with E-state index < -0.39 is 4.92 Å². The van der Waals surface area contributed by atoms with E-state index >= 15 is 0 Å². The number of rotatable bonds is 6. The van der Waals surface area contributed by atoms with E-state index in [1.807, 2.05) is 24.3 Å². The van der Waals surface area contributed by atoms with Crippen molar-refractivity contribution in [2.75, 3.05) is 37.6 Å². The number of halogens is 2. The van der Waals surface area contributed by atoms with Crippen LogP contribution in [-0.2, 0) is 6.54 Å². The number of piperazine rings is 1. The van der Waals surface area contributed by atoms with Crippen molar-refractivity contribution < 1.29 is 4.92 Å². The summed E-state index contributed by atoms with van der Waals surface area (Å²) in [5.74, 6) is -0.357. The van der Waals surface area contributed by atoms with Gasteiger partial charge >= 0.3 is 5.95 Å². The molecule has 2 aromatic rings. The number of benzene rings is 1. The Morgan fingerprint density at radius 1 is 1.15 bits per heavy atom. The first-order valence-electron chi connectivity index (χ1n) is 8.17. The van der Waals surface area contributed by atoms with Crippen LogP contribution in [0.2, 0.25) is 0 Å². The van der Waals surface area contributed by atoms with Gasteiger partial charge in [-0.3, -0.25) is 4.90 Å². The first-order chi connectivity index (χ1) is 12.2. The van der Waals surface area contributed by atoms with Crippen molar-refractivity contribution in [1.29, 1.82) is 5.26 Å². The van der Waals surface area contributed by atoms with Gasteiger partial charge < -0.3 is 15.0 Å². The van der Waals surface area contributed by atoms with Crippen LogP contribution in [0.5, 0.6) is 0 Å². The fraction of sp³-hybridized carbons (Fsp3) is 0.438. The van der Waals surface area contributed by atoms with Gasteiger partial charge in [-0.1, -0.05) is 17.1 Å². The van der Waals surface area contributed by atoms with E-state index in [9.17, 15) is 15.4 Å². The molecule has 0 radical (unpaired) electrons. The van der Waals surface area contributed by atoms with Crippen molar-refractivity contribution in [3.8, 4) is 6.07 Å². The highest BCUT2D eigenvalue weighted by molar-refractivity contribution is 5.85. The van der Waals surface area contributed by atoms with Crippen molar-refractivity contribution in [3.63, 3.8) is 0 Å². The molecule has 0 atom stereocenters. The summed E-state index contributed by atoms with van der Waals surface area (Å²) < 4.78 is 1.51. The van der Waals surface area contributed by atoms with Crippen LogP contribution in [0.25, 0.3) is 0 Å². The summed E-state index contributed by atoms with van der Waals surface area (Å²) in [6, 6.07) is 9.93. The molecule has 146 valence electrons. The lowest BCUT2D eigenvalue weighted by Crippen LogP contribution is -2.47. The summed E-state index contributed by atoms with van der Waals surface area (Å²) in [7, 11) is 0. The number of aryl methyl sites for hydroxylation is 1. The fourth-order valence-electron chi connectivity index (χ4n) is 2.99. The van der Waals surface area contributed by atoms with Crippen LogP contribution in [-0.4, -0.2) is 57.3 Å². The van der Waals surface area contributed by atoms with Gasteiger partial charge in [-0.15, -0.1) is 24.8 Å². The molecular weight excluding hydrogens is 393 g/mol.